The Bertz CT molecular complexity index is 211. The van der Waals surface area contributed by atoms with Crippen molar-refractivity contribution in [2.45, 2.75) is 52.9 Å². The Morgan fingerprint density at radius 2 is 1.19 bits per heavy atom. The van der Waals surface area contributed by atoms with Gasteiger partial charge in [-0.25, -0.2) is 0 Å². The molecule has 0 fully saturated rings. The zero-order chi connectivity index (χ0) is 12.5. The third-order valence-corrected chi connectivity index (χ3v) is 1.71. The molecule has 0 saturated carbocycles. The molecule has 0 heterocycles. The largest absolute Gasteiger partial charge is 0.120 e. The van der Waals surface area contributed by atoms with Crippen molar-refractivity contribution in [2.24, 2.45) is 0 Å². The van der Waals surface area contributed by atoms with Gasteiger partial charge in [0, 0.05) is 6.42 Å². The van der Waals surface area contributed by atoms with Crippen molar-refractivity contribution in [1.82, 2.24) is 0 Å². The third kappa shape index (κ3) is 23.0. The van der Waals surface area contributed by atoms with Crippen molar-refractivity contribution in [1.29, 1.82) is 0 Å². The molecule has 0 saturated heterocycles. The molecule has 0 heteroatoms. The fraction of sp³-hybridized carbons (Fsp3) is 0.500. The zero-order valence-corrected chi connectivity index (χ0v) is 11.1. The molecule has 0 amide bonds. The second-order valence-electron chi connectivity index (χ2n) is 3.28. The molecule has 0 spiro atoms. The first kappa shape index (κ1) is 17.2. The van der Waals surface area contributed by atoms with E-state index in [1.165, 1.54) is 0 Å². The van der Waals surface area contributed by atoms with Gasteiger partial charge in [0.15, 0.2) is 0 Å². The molecule has 0 rings (SSSR count). The van der Waals surface area contributed by atoms with Gasteiger partial charge in [-0.3, -0.25) is 0 Å². The summed E-state index contributed by atoms with van der Waals surface area (Å²) in [5.41, 5.74) is 0. The summed E-state index contributed by atoms with van der Waals surface area (Å²) >= 11 is 0. The summed E-state index contributed by atoms with van der Waals surface area (Å²) in [6.45, 7) is 6.40. The Balaban J connectivity index is 0. The predicted molar refractivity (Wildman–Crippen MR) is 76.4 cm³/mol. The van der Waals surface area contributed by atoms with Crippen LogP contribution in [0.5, 0.6) is 0 Å². The minimum Gasteiger partial charge on any atom is -0.120 e. The SMILES string of the molecule is C#CC/C=C\CC.CC/C=C\C/C=C\CC. The lowest BCUT2D eigenvalue weighted by Crippen LogP contribution is -1.58. The normalized spacial score (nSPS) is 10.6. The molecule has 0 aliphatic heterocycles. The maximum atomic E-state index is 4.97. The van der Waals surface area contributed by atoms with Crippen LogP contribution in [0.3, 0.4) is 0 Å². The van der Waals surface area contributed by atoms with Gasteiger partial charge in [0.1, 0.15) is 0 Å². The van der Waals surface area contributed by atoms with Crippen molar-refractivity contribution in [3.05, 3.63) is 36.5 Å². The van der Waals surface area contributed by atoms with E-state index in [1.807, 2.05) is 6.08 Å². The quantitative estimate of drug-likeness (QED) is 0.420. The molecule has 0 N–H and O–H groups in total. The van der Waals surface area contributed by atoms with Gasteiger partial charge in [-0.2, -0.15) is 0 Å². The molecule has 0 nitrogen and oxygen atoms in total. The number of allylic oxidation sites excluding steroid dienone is 6. The highest BCUT2D eigenvalue weighted by Crippen LogP contribution is 1.89. The van der Waals surface area contributed by atoms with E-state index in [0.717, 1.165) is 32.1 Å². The maximum Gasteiger partial charge on any atom is 0.0267 e. The van der Waals surface area contributed by atoms with Crippen molar-refractivity contribution in [3.63, 3.8) is 0 Å². The first-order valence-corrected chi connectivity index (χ1v) is 6.21. The number of hydrogen-bond acceptors (Lipinski definition) is 0. The summed E-state index contributed by atoms with van der Waals surface area (Å²) in [5, 5.41) is 0. The van der Waals surface area contributed by atoms with Crippen LogP contribution in [0.15, 0.2) is 36.5 Å². The van der Waals surface area contributed by atoms with Crippen LogP contribution in [-0.2, 0) is 0 Å². The number of terminal acetylenes is 1. The maximum absolute atomic E-state index is 4.97. The van der Waals surface area contributed by atoms with Gasteiger partial charge < -0.3 is 0 Å². The van der Waals surface area contributed by atoms with Crippen LogP contribution in [0.4, 0.5) is 0 Å². The summed E-state index contributed by atoms with van der Waals surface area (Å²) in [6.07, 6.45) is 23.1. The second kappa shape index (κ2) is 19.4. The molecular formula is C16H26. The molecular weight excluding hydrogens is 192 g/mol. The van der Waals surface area contributed by atoms with Gasteiger partial charge >= 0.3 is 0 Å². The van der Waals surface area contributed by atoms with Crippen molar-refractivity contribution >= 4 is 0 Å². The topological polar surface area (TPSA) is 0 Å². The minimum absolute atomic E-state index is 0.772. The Hall–Kier alpha value is -1.22. The lowest BCUT2D eigenvalue weighted by atomic mass is 10.3. The van der Waals surface area contributed by atoms with Crippen LogP contribution in [0.2, 0.25) is 0 Å². The van der Waals surface area contributed by atoms with Gasteiger partial charge in [0.2, 0.25) is 0 Å². The summed E-state index contributed by atoms with van der Waals surface area (Å²) in [5.74, 6) is 2.52. The van der Waals surface area contributed by atoms with Gasteiger partial charge in [-0.05, 0) is 25.7 Å². The first-order chi connectivity index (χ1) is 7.83. The van der Waals surface area contributed by atoms with Crippen LogP contribution in [-0.4, -0.2) is 0 Å². The Labute approximate surface area is 102 Å². The van der Waals surface area contributed by atoms with Crippen LogP contribution in [0.25, 0.3) is 0 Å². The monoisotopic (exact) mass is 218 g/mol. The number of rotatable bonds is 6. The van der Waals surface area contributed by atoms with E-state index in [4.69, 9.17) is 6.42 Å². The van der Waals surface area contributed by atoms with Gasteiger partial charge in [0.25, 0.3) is 0 Å². The first-order valence-electron chi connectivity index (χ1n) is 6.21. The molecule has 0 radical (unpaired) electrons. The second-order valence-corrected chi connectivity index (χ2v) is 3.28. The van der Waals surface area contributed by atoms with Crippen molar-refractivity contribution < 1.29 is 0 Å². The van der Waals surface area contributed by atoms with Crippen LogP contribution >= 0.6 is 0 Å². The minimum atomic E-state index is 0.772. The fourth-order valence-electron chi connectivity index (χ4n) is 0.922. The molecule has 90 valence electrons. The van der Waals surface area contributed by atoms with Gasteiger partial charge in [0.05, 0.1) is 0 Å². The van der Waals surface area contributed by atoms with E-state index in [1.54, 1.807) is 0 Å². The fourth-order valence-corrected chi connectivity index (χ4v) is 0.922. The summed E-state index contributed by atoms with van der Waals surface area (Å²) in [7, 11) is 0. The highest BCUT2D eigenvalue weighted by molar-refractivity contribution is 4.95. The molecule has 16 heavy (non-hydrogen) atoms. The standard InChI is InChI=1S/C9H16.C7H10/c1-3-5-7-9-8-6-4-2;1-3-5-7-6-4-2/h5-8H,3-4,9H2,1-2H3;1,6-7H,4-5H2,2H3/b7-5-,8-6-;7-6-. The highest BCUT2D eigenvalue weighted by atomic mass is 13.7. The van der Waals surface area contributed by atoms with E-state index in [9.17, 15) is 0 Å². The Morgan fingerprint density at radius 3 is 1.56 bits per heavy atom. The highest BCUT2D eigenvalue weighted by Gasteiger charge is 1.68. The smallest absolute Gasteiger partial charge is 0.0267 e. The lowest BCUT2D eigenvalue weighted by molar-refractivity contribution is 1.18. The van der Waals surface area contributed by atoms with E-state index in [2.05, 4.69) is 57.1 Å². The molecule has 0 unspecified atom stereocenters. The summed E-state index contributed by atoms with van der Waals surface area (Å²) in [4.78, 5) is 0. The zero-order valence-electron chi connectivity index (χ0n) is 11.1. The van der Waals surface area contributed by atoms with Crippen molar-refractivity contribution in [2.75, 3.05) is 0 Å². The summed E-state index contributed by atoms with van der Waals surface area (Å²) < 4.78 is 0. The molecule has 0 aliphatic carbocycles. The van der Waals surface area contributed by atoms with Crippen molar-refractivity contribution in [3.8, 4) is 12.3 Å². The Morgan fingerprint density at radius 1 is 0.750 bits per heavy atom. The van der Waals surface area contributed by atoms with Gasteiger partial charge in [-0.1, -0.05) is 57.2 Å². The van der Waals surface area contributed by atoms with E-state index < -0.39 is 0 Å². The van der Waals surface area contributed by atoms with Crippen LogP contribution in [0, 0.1) is 12.3 Å². The number of hydrogen-bond donors (Lipinski definition) is 0. The van der Waals surface area contributed by atoms with E-state index in [0.29, 0.717) is 0 Å². The predicted octanol–water partition coefficient (Wildman–Crippen LogP) is 5.28. The lowest BCUT2D eigenvalue weighted by Gasteiger charge is -1.79. The van der Waals surface area contributed by atoms with Crippen LogP contribution < -0.4 is 0 Å². The molecule has 0 aromatic heterocycles. The molecule has 0 aromatic rings. The van der Waals surface area contributed by atoms with E-state index >= 15 is 0 Å². The molecule has 0 aliphatic rings. The average Bonchev–Trinajstić information content (AvgIpc) is 2.31. The van der Waals surface area contributed by atoms with Gasteiger partial charge in [-0.15, -0.1) is 12.3 Å². The molecule has 0 aromatic carbocycles. The Kier molecular flexibility index (Phi) is 20.8. The van der Waals surface area contributed by atoms with E-state index in [-0.39, 0.29) is 0 Å². The molecule has 0 atom stereocenters. The third-order valence-electron chi connectivity index (χ3n) is 1.71. The average molecular weight is 218 g/mol. The molecule has 0 bridgehead atoms. The summed E-state index contributed by atoms with van der Waals surface area (Å²) in [6, 6.07) is 0. The van der Waals surface area contributed by atoms with Crippen LogP contribution in [0.1, 0.15) is 52.9 Å².